The molecule has 5 heteroatoms. The first kappa shape index (κ1) is 12.8. The second-order valence-electron chi connectivity index (χ2n) is 5.50. The van der Waals surface area contributed by atoms with Crippen LogP contribution in [-0.2, 0) is 0 Å². The quantitative estimate of drug-likeness (QED) is 0.843. The molecular weight excluding hydrogens is 256 g/mol. The molecule has 4 nitrogen and oxygen atoms in total. The number of thiophene rings is 1. The highest BCUT2D eigenvalue weighted by Gasteiger charge is 2.22. The summed E-state index contributed by atoms with van der Waals surface area (Å²) in [6.45, 7) is 10.9. The fraction of sp³-hybridized carbons (Fsp3) is 0.571. The molecule has 0 aromatic carbocycles. The van der Waals surface area contributed by atoms with Crippen LogP contribution in [0.2, 0.25) is 0 Å². The van der Waals surface area contributed by atoms with Gasteiger partial charge in [0.2, 0.25) is 0 Å². The first-order valence-electron chi connectivity index (χ1n) is 6.87. The number of rotatable bonds is 1. The lowest BCUT2D eigenvalue weighted by atomic mass is 10.2. The van der Waals surface area contributed by atoms with Crippen LogP contribution in [0.15, 0.2) is 0 Å². The zero-order valence-corrected chi connectivity index (χ0v) is 12.9. The molecule has 1 saturated heterocycles. The minimum absolute atomic E-state index is 0.884. The smallest absolute Gasteiger partial charge is 0.141 e. The van der Waals surface area contributed by atoms with Crippen molar-refractivity contribution in [1.29, 1.82) is 0 Å². The van der Waals surface area contributed by atoms with Gasteiger partial charge in [0.25, 0.3) is 0 Å². The van der Waals surface area contributed by atoms with Gasteiger partial charge in [0, 0.05) is 4.88 Å². The van der Waals surface area contributed by atoms with E-state index in [0.29, 0.717) is 0 Å². The maximum atomic E-state index is 4.74. The summed E-state index contributed by atoms with van der Waals surface area (Å²) in [4.78, 5) is 15.9. The zero-order valence-electron chi connectivity index (χ0n) is 12.1. The highest BCUT2D eigenvalue weighted by Crippen LogP contribution is 2.34. The average Bonchev–Trinajstić information content (AvgIpc) is 2.65. The molecule has 102 valence electrons. The molecule has 0 spiro atoms. The monoisotopic (exact) mass is 277 g/mol. The Kier molecular flexibility index (Phi) is 3.19. The second-order valence-corrected chi connectivity index (χ2v) is 6.71. The van der Waals surface area contributed by atoms with Gasteiger partial charge >= 0.3 is 0 Å². The van der Waals surface area contributed by atoms with E-state index in [1.54, 1.807) is 16.2 Å². The van der Waals surface area contributed by atoms with Gasteiger partial charge in [-0.25, -0.2) is 9.97 Å². The Morgan fingerprint density at radius 3 is 2.47 bits per heavy atom. The van der Waals surface area contributed by atoms with E-state index in [2.05, 4.69) is 30.8 Å². The van der Waals surface area contributed by atoms with Crippen LogP contribution in [-0.4, -0.2) is 43.2 Å². The Bertz CT molecular complexity index is 611. The van der Waals surface area contributed by atoms with Gasteiger partial charge in [-0.1, -0.05) is 0 Å². The summed E-state index contributed by atoms with van der Waals surface area (Å²) >= 11 is 1.79. The second kappa shape index (κ2) is 4.72. The third kappa shape index (κ3) is 2.21. The lowest BCUT2D eigenvalue weighted by Gasteiger charge is -2.31. The number of anilines is 1. The molecule has 0 atom stereocenters. The molecule has 0 bridgehead atoms. The number of quaternary nitrogens is 1. The molecule has 0 amide bonds. The van der Waals surface area contributed by atoms with E-state index in [0.717, 1.165) is 29.6 Å². The number of aryl methyl sites for hydroxylation is 3. The highest BCUT2D eigenvalue weighted by atomic mass is 32.1. The van der Waals surface area contributed by atoms with Crippen LogP contribution in [0.1, 0.15) is 16.3 Å². The molecule has 1 fully saturated rings. The van der Waals surface area contributed by atoms with Gasteiger partial charge in [0.05, 0.1) is 38.6 Å². The Labute approximate surface area is 118 Å². The molecule has 2 aromatic rings. The van der Waals surface area contributed by atoms with E-state index >= 15 is 0 Å². The van der Waals surface area contributed by atoms with Crippen LogP contribution >= 0.6 is 11.3 Å². The Morgan fingerprint density at radius 1 is 1.11 bits per heavy atom. The number of fused-ring (bicyclic) bond motifs is 1. The lowest BCUT2D eigenvalue weighted by Crippen LogP contribution is -3.12. The molecule has 1 N–H and O–H groups in total. The summed E-state index contributed by atoms with van der Waals surface area (Å²) < 4.78 is 0. The van der Waals surface area contributed by atoms with Crippen LogP contribution in [0, 0.1) is 20.8 Å². The predicted molar refractivity (Wildman–Crippen MR) is 80.5 cm³/mol. The molecule has 2 aromatic heterocycles. The fourth-order valence-corrected chi connectivity index (χ4v) is 3.73. The summed E-state index contributed by atoms with van der Waals surface area (Å²) in [6.07, 6.45) is 0. The molecule has 3 rings (SSSR count). The van der Waals surface area contributed by atoms with E-state index in [-0.39, 0.29) is 0 Å². The Hall–Kier alpha value is -1.20. The first-order valence-corrected chi connectivity index (χ1v) is 7.68. The highest BCUT2D eigenvalue weighted by molar-refractivity contribution is 7.18. The number of aromatic nitrogens is 2. The van der Waals surface area contributed by atoms with Crippen LogP contribution in [0.4, 0.5) is 5.82 Å². The van der Waals surface area contributed by atoms with Crippen molar-refractivity contribution < 1.29 is 4.90 Å². The number of piperazine rings is 1. The van der Waals surface area contributed by atoms with Crippen molar-refractivity contribution in [2.75, 3.05) is 38.1 Å². The molecule has 0 radical (unpaired) electrons. The number of nitrogens with one attached hydrogen (secondary N) is 1. The van der Waals surface area contributed by atoms with Crippen molar-refractivity contribution in [3.8, 4) is 0 Å². The average molecular weight is 277 g/mol. The number of hydrogen-bond acceptors (Lipinski definition) is 4. The van der Waals surface area contributed by atoms with Gasteiger partial charge in [-0.05, 0) is 26.3 Å². The summed E-state index contributed by atoms with van der Waals surface area (Å²) in [5, 5.41) is 1.27. The van der Waals surface area contributed by atoms with E-state index in [9.17, 15) is 0 Å². The third-order valence-corrected chi connectivity index (χ3v) is 5.14. The van der Waals surface area contributed by atoms with E-state index in [1.807, 2.05) is 6.92 Å². The Balaban J connectivity index is 2.11. The van der Waals surface area contributed by atoms with Crippen molar-refractivity contribution >= 4 is 27.4 Å². The summed E-state index contributed by atoms with van der Waals surface area (Å²) in [6, 6.07) is 0. The molecular formula is C14H21N4S+. The van der Waals surface area contributed by atoms with E-state index in [1.165, 1.54) is 28.9 Å². The van der Waals surface area contributed by atoms with Gasteiger partial charge in [0.1, 0.15) is 16.5 Å². The van der Waals surface area contributed by atoms with Crippen LogP contribution in [0.5, 0.6) is 0 Å². The van der Waals surface area contributed by atoms with Crippen molar-refractivity contribution in [1.82, 2.24) is 9.97 Å². The van der Waals surface area contributed by atoms with Crippen molar-refractivity contribution in [3.63, 3.8) is 0 Å². The molecule has 19 heavy (non-hydrogen) atoms. The molecule has 1 aliphatic rings. The summed E-state index contributed by atoms with van der Waals surface area (Å²) in [5.74, 6) is 2.03. The fourth-order valence-electron chi connectivity index (χ4n) is 2.66. The van der Waals surface area contributed by atoms with E-state index < -0.39 is 0 Å². The van der Waals surface area contributed by atoms with Gasteiger partial charge in [0.15, 0.2) is 0 Å². The van der Waals surface area contributed by atoms with Gasteiger partial charge in [-0.15, -0.1) is 11.3 Å². The minimum atomic E-state index is 0.884. The van der Waals surface area contributed by atoms with Crippen molar-refractivity contribution in [2.45, 2.75) is 20.8 Å². The number of hydrogen-bond donors (Lipinski definition) is 1. The molecule has 1 aliphatic heterocycles. The maximum Gasteiger partial charge on any atom is 0.141 e. The normalized spacial score (nSPS) is 17.4. The van der Waals surface area contributed by atoms with Crippen LogP contribution in [0.3, 0.4) is 0 Å². The minimum Gasteiger partial charge on any atom is -0.345 e. The number of nitrogens with zero attached hydrogens (tertiary/aromatic N) is 3. The van der Waals surface area contributed by atoms with E-state index in [4.69, 9.17) is 4.98 Å². The maximum absolute atomic E-state index is 4.74. The SMILES string of the molecule is Cc1nc(N2CC[NH+](C)CC2)c2c(C)c(C)sc2n1. The Morgan fingerprint density at radius 2 is 1.79 bits per heavy atom. The standard InChI is InChI=1S/C14H20N4S/c1-9-10(2)19-14-12(9)13(15-11(3)16-14)18-7-5-17(4)6-8-18/h5-8H2,1-4H3/p+1. The predicted octanol–water partition coefficient (Wildman–Crippen LogP) is 0.951. The summed E-state index contributed by atoms with van der Waals surface area (Å²) in [7, 11) is 2.26. The van der Waals surface area contributed by atoms with Crippen molar-refractivity contribution in [2.24, 2.45) is 0 Å². The van der Waals surface area contributed by atoms with Crippen LogP contribution in [0.25, 0.3) is 10.2 Å². The van der Waals surface area contributed by atoms with Crippen LogP contribution < -0.4 is 9.80 Å². The first-order chi connectivity index (χ1) is 9.06. The topological polar surface area (TPSA) is 33.5 Å². The molecule has 0 unspecified atom stereocenters. The zero-order chi connectivity index (χ0) is 13.6. The molecule has 0 saturated carbocycles. The lowest BCUT2D eigenvalue weighted by molar-refractivity contribution is -0.880. The van der Waals surface area contributed by atoms with Gasteiger partial charge < -0.3 is 9.80 Å². The van der Waals surface area contributed by atoms with Gasteiger partial charge in [-0.3, -0.25) is 0 Å². The summed E-state index contributed by atoms with van der Waals surface area (Å²) in [5.41, 5.74) is 1.35. The number of likely N-dealkylation sites (N-methyl/N-ethyl adjacent to an activating group) is 1. The largest absolute Gasteiger partial charge is 0.345 e. The van der Waals surface area contributed by atoms with Gasteiger partial charge in [-0.2, -0.15) is 0 Å². The molecule has 3 heterocycles. The molecule has 0 aliphatic carbocycles. The van der Waals surface area contributed by atoms with Crippen molar-refractivity contribution in [3.05, 3.63) is 16.3 Å². The third-order valence-electron chi connectivity index (χ3n) is 4.04.